The molecule has 0 radical (unpaired) electrons. The largest absolute Gasteiger partial charge is 0.310 e. The number of hydrogen-bond acceptors (Lipinski definition) is 3. The van der Waals surface area contributed by atoms with Gasteiger partial charge in [0.2, 0.25) is 0 Å². The van der Waals surface area contributed by atoms with E-state index >= 15 is 0 Å². The first-order valence-electron chi connectivity index (χ1n) is 6.57. The summed E-state index contributed by atoms with van der Waals surface area (Å²) >= 11 is 11.9. The average molecular weight is 313 g/mol. The quantitative estimate of drug-likeness (QED) is 0.889. The molecule has 0 atom stereocenters. The monoisotopic (exact) mass is 312 g/mol. The van der Waals surface area contributed by atoms with Crippen LogP contribution in [0.4, 0.5) is 0 Å². The van der Waals surface area contributed by atoms with Crippen molar-refractivity contribution in [1.82, 2.24) is 20.1 Å². The van der Waals surface area contributed by atoms with Gasteiger partial charge in [-0.05, 0) is 30.2 Å². The lowest BCUT2D eigenvalue weighted by Gasteiger charge is -2.05. The average Bonchev–Trinajstić information content (AvgIpc) is 2.81. The Hall–Kier alpha value is -1.10. The Labute approximate surface area is 129 Å². The van der Waals surface area contributed by atoms with E-state index in [9.17, 15) is 0 Å². The highest BCUT2D eigenvalue weighted by Gasteiger charge is 2.04. The van der Waals surface area contributed by atoms with Crippen LogP contribution in [0.2, 0.25) is 10.0 Å². The number of rotatable bonds is 6. The number of halogens is 2. The molecule has 108 valence electrons. The van der Waals surface area contributed by atoms with Crippen molar-refractivity contribution in [3.63, 3.8) is 0 Å². The second-order valence-corrected chi connectivity index (χ2v) is 5.95. The van der Waals surface area contributed by atoms with E-state index < -0.39 is 0 Å². The Morgan fingerprint density at radius 1 is 1.25 bits per heavy atom. The van der Waals surface area contributed by atoms with Crippen LogP contribution in [0, 0.1) is 5.92 Å². The second kappa shape index (κ2) is 7.07. The smallest absolute Gasteiger partial charge is 0.164 e. The summed E-state index contributed by atoms with van der Waals surface area (Å²) in [6, 6.07) is 5.58. The molecular weight excluding hydrogens is 295 g/mol. The highest BCUT2D eigenvalue weighted by atomic mass is 35.5. The van der Waals surface area contributed by atoms with E-state index in [1.807, 2.05) is 12.1 Å². The zero-order valence-corrected chi connectivity index (χ0v) is 13.1. The van der Waals surface area contributed by atoms with Crippen molar-refractivity contribution >= 4 is 23.2 Å². The van der Waals surface area contributed by atoms with E-state index in [1.165, 1.54) is 0 Å². The molecule has 0 aliphatic carbocycles. The number of hydrogen-bond donors (Lipinski definition) is 1. The predicted octanol–water partition coefficient (Wildman–Crippen LogP) is 3.38. The maximum Gasteiger partial charge on any atom is 0.164 e. The molecule has 6 heteroatoms. The second-order valence-electron chi connectivity index (χ2n) is 5.13. The lowest BCUT2D eigenvalue weighted by atomic mass is 10.2. The zero-order valence-electron chi connectivity index (χ0n) is 11.6. The van der Waals surface area contributed by atoms with Crippen molar-refractivity contribution < 1.29 is 0 Å². The molecule has 0 spiro atoms. The molecule has 2 rings (SSSR count). The van der Waals surface area contributed by atoms with Crippen molar-refractivity contribution in [2.75, 3.05) is 6.54 Å². The van der Waals surface area contributed by atoms with Gasteiger partial charge in [0, 0.05) is 0 Å². The summed E-state index contributed by atoms with van der Waals surface area (Å²) in [5, 5.41) is 8.86. The van der Waals surface area contributed by atoms with Gasteiger partial charge >= 0.3 is 0 Å². The van der Waals surface area contributed by atoms with Gasteiger partial charge in [-0.2, -0.15) is 5.10 Å². The van der Waals surface area contributed by atoms with Gasteiger partial charge in [0.1, 0.15) is 6.33 Å². The topological polar surface area (TPSA) is 42.7 Å². The van der Waals surface area contributed by atoms with Gasteiger partial charge in [-0.1, -0.05) is 43.1 Å². The first kappa shape index (κ1) is 15.3. The Balaban J connectivity index is 1.93. The molecule has 2 aromatic rings. The van der Waals surface area contributed by atoms with Crippen LogP contribution >= 0.6 is 23.2 Å². The fourth-order valence-corrected chi connectivity index (χ4v) is 2.11. The molecule has 0 fully saturated rings. The van der Waals surface area contributed by atoms with Crippen LogP contribution < -0.4 is 5.32 Å². The Kier molecular flexibility index (Phi) is 5.40. The van der Waals surface area contributed by atoms with Gasteiger partial charge in [-0.25, -0.2) is 9.67 Å². The molecule has 1 aromatic heterocycles. The number of nitrogens with zero attached hydrogens (tertiary/aromatic N) is 3. The van der Waals surface area contributed by atoms with E-state index in [-0.39, 0.29) is 0 Å². The molecule has 0 aliphatic rings. The molecular formula is C14H18Cl2N4. The van der Waals surface area contributed by atoms with E-state index in [0.717, 1.165) is 17.9 Å². The van der Waals surface area contributed by atoms with Gasteiger partial charge in [0.15, 0.2) is 5.82 Å². The molecule has 0 bridgehead atoms. The number of benzene rings is 1. The fraction of sp³-hybridized carbons (Fsp3) is 0.429. The van der Waals surface area contributed by atoms with Crippen molar-refractivity contribution in [3.05, 3.63) is 46.0 Å². The fourth-order valence-electron chi connectivity index (χ4n) is 1.79. The summed E-state index contributed by atoms with van der Waals surface area (Å²) in [6.07, 6.45) is 1.73. The Bertz CT molecular complexity index is 566. The maximum atomic E-state index is 6.00. The van der Waals surface area contributed by atoms with Crippen LogP contribution in [0.3, 0.4) is 0 Å². The summed E-state index contributed by atoms with van der Waals surface area (Å²) in [5.74, 6) is 1.42. The van der Waals surface area contributed by atoms with Gasteiger partial charge in [0.05, 0.1) is 23.1 Å². The van der Waals surface area contributed by atoms with Crippen LogP contribution in [0.1, 0.15) is 25.2 Å². The molecule has 1 heterocycles. The third-order valence-electron chi connectivity index (χ3n) is 2.75. The first-order chi connectivity index (χ1) is 9.54. The van der Waals surface area contributed by atoms with E-state index in [4.69, 9.17) is 23.2 Å². The molecule has 0 amide bonds. The van der Waals surface area contributed by atoms with Crippen LogP contribution in [0.25, 0.3) is 0 Å². The first-order valence-corrected chi connectivity index (χ1v) is 7.33. The lowest BCUT2D eigenvalue weighted by Crippen LogP contribution is -2.19. The summed E-state index contributed by atoms with van der Waals surface area (Å²) in [7, 11) is 0. The van der Waals surface area contributed by atoms with Gasteiger partial charge in [-0.3, -0.25) is 0 Å². The predicted molar refractivity (Wildman–Crippen MR) is 82.1 cm³/mol. The molecule has 4 nitrogen and oxygen atoms in total. The Morgan fingerprint density at radius 2 is 2.05 bits per heavy atom. The molecule has 1 aromatic carbocycles. The Morgan fingerprint density at radius 3 is 2.75 bits per heavy atom. The van der Waals surface area contributed by atoms with Gasteiger partial charge < -0.3 is 5.32 Å². The summed E-state index contributed by atoms with van der Waals surface area (Å²) < 4.78 is 1.80. The normalized spacial score (nSPS) is 11.2. The van der Waals surface area contributed by atoms with Crippen molar-refractivity contribution in [1.29, 1.82) is 0 Å². The molecule has 0 saturated heterocycles. The van der Waals surface area contributed by atoms with E-state index in [1.54, 1.807) is 17.1 Å². The summed E-state index contributed by atoms with van der Waals surface area (Å²) in [6.45, 7) is 6.62. The summed E-state index contributed by atoms with van der Waals surface area (Å²) in [5.41, 5.74) is 1.05. The zero-order chi connectivity index (χ0) is 14.5. The molecule has 1 N–H and O–H groups in total. The van der Waals surface area contributed by atoms with Crippen molar-refractivity contribution in [2.24, 2.45) is 5.92 Å². The lowest BCUT2D eigenvalue weighted by molar-refractivity contribution is 0.539. The highest BCUT2D eigenvalue weighted by molar-refractivity contribution is 6.42. The van der Waals surface area contributed by atoms with Crippen LogP contribution in [-0.4, -0.2) is 21.3 Å². The molecule has 20 heavy (non-hydrogen) atoms. The molecule has 0 saturated carbocycles. The highest BCUT2D eigenvalue weighted by Crippen LogP contribution is 2.22. The standard InChI is InChI=1S/C14H18Cl2N4/c1-10(2)6-17-7-14-18-9-20(19-14)8-11-3-4-12(15)13(16)5-11/h3-5,9-10,17H,6-8H2,1-2H3. The molecule has 0 unspecified atom stereocenters. The van der Waals surface area contributed by atoms with Crippen LogP contribution in [0.15, 0.2) is 24.5 Å². The minimum absolute atomic E-state index is 0.558. The summed E-state index contributed by atoms with van der Waals surface area (Å²) in [4.78, 5) is 4.28. The van der Waals surface area contributed by atoms with Crippen LogP contribution in [-0.2, 0) is 13.1 Å². The van der Waals surface area contributed by atoms with Gasteiger partial charge in [-0.15, -0.1) is 0 Å². The third-order valence-corrected chi connectivity index (χ3v) is 3.49. The SMILES string of the molecule is CC(C)CNCc1ncn(Cc2ccc(Cl)c(Cl)c2)n1. The number of aromatic nitrogens is 3. The van der Waals surface area contributed by atoms with E-state index in [0.29, 0.717) is 29.1 Å². The van der Waals surface area contributed by atoms with Gasteiger partial charge in [0.25, 0.3) is 0 Å². The van der Waals surface area contributed by atoms with Crippen molar-refractivity contribution in [2.45, 2.75) is 26.9 Å². The maximum absolute atomic E-state index is 6.00. The van der Waals surface area contributed by atoms with E-state index in [2.05, 4.69) is 29.2 Å². The van der Waals surface area contributed by atoms with Crippen LogP contribution in [0.5, 0.6) is 0 Å². The third kappa shape index (κ3) is 4.47. The number of nitrogens with one attached hydrogen (secondary N) is 1. The molecule has 0 aliphatic heterocycles. The van der Waals surface area contributed by atoms with Crippen molar-refractivity contribution in [3.8, 4) is 0 Å². The minimum Gasteiger partial charge on any atom is -0.310 e. The minimum atomic E-state index is 0.558.